The highest BCUT2D eigenvalue weighted by Gasteiger charge is 2.12. The molecule has 0 unspecified atom stereocenters. The van der Waals surface area contributed by atoms with Crippen molar-refractivity contribution in [3.05, 3.63) is 78.4 Å². The number of anilines is 3. The van der Waals surface area contributed by atoms with E-state index in [0.29, 0.717) is 6.54 Å². The van der Waals surface area contributed by atoms with Crippen molar-refractivity contribution in [3.63, 3.8) is 0 Å². The maximum atomic E-state index is 12.4. The Balaban J connectivity index is 1.51. The van der Waals surface area contributed by atoms with E-state index in [1.54, 1.807) is 14.2 Å². The predicted molar refractivity (Wildman–Crippen MR) is 121 cm³/mol. The van der Waals surface area contributed by atoms with Crippen LogP contribution in [0.5, 0.6) is 11.5 Å². The number of carbonyl (C=O) groups excluding carboxylic acids is 1. The highest BCUT2D eigenvalue weighted by Crippen LogP contribution is 2.27. The average Bonchev–Trinajstić information content (AvgIpc) is 2.79. The third-order valence-corrected chi connectivity index (χ3v) is 4.67. The molecule has 0 bridgehead atoms. The molecule has 1 amide bonds. The van der Waals surface area contributed by atoms with Crippen LogP contribution >= 0.6 is 0 Å². The standard InChI is InChI=1S/C24H27N3O3/c1-17(24(28)25-16-18-8-14-21(29-2)15-9-18)26-19-10-12-20(13-11-19)27-22-6-4-5-7-23(22)30-3/h4-15,17,26-27H,16H2,1-3H3,(H,25,28)/t17-/m1/s1. The highest BCUT2D eigenvalue weighted by atomic mass is 16.5. The van der Waals surface area contributed by atoms with Crippen molar-refractivity contribution in [2.45, 2.75) is 19.5 Å². The van der Waals surface area contributed by atoms with Crippen LogP contribution in [0.4, 0.5) is 17.1 Å². The smallest absolute Gasteiger partial charge is 0.242 e. The fraction of sp³-hybridized carbons (Fsp3) is 0.208. The lowest BCUT2D eigenvalue weighted by Crippen LogP contribution is -2.37. The van der Waals surface area contributed by atoms with Crippen molar-refractivity contribution in [1.82, 2.24) is 5.32 Å². The molecule has 0 aliphatic carbocycles. The van der Waals surface area contributed by atoms with Crippen LogP contribution in [-0.4, -0.2) is 26.2 Å². The lowest BCUT2D eigenvalue weighted by Gasteiger charge is -2.16. The van der Waals surface area contributed by atoms with Crippen LogP contribution in [0.3, 0.4) is 0 Å². The molecule has 0 saturated carbocycles. The van der Waals surface area contributed by atoms with Gasteiger partial charge in [0.15, 0.2) is 0 Å². The van der Waals surface area contributed by atoms with Gasteiger partial charge in [-0.3, -0.25) is 4.79 Å². The van der Waals surface area contributed by atoms with Crippen molar-refractivity contribution in [2.75, 3.05) is 24.9 Å². The van der Waals surface area contributed by atoms with Gasteiger partial charge in [-0.25, -0.2) is 0 Å². The Morgan fingerprint density at radius 3 is 2.20 bits per heavy atom. The van der Waals surface area contributed by atoms with E-state index in [9.17, 15) is 4.79 Å². The summed E-state index contributed by atoms with van der Waals surface area (Å²) in [7, 11) is 3.28. The number of nitrogens with one attached hydrogen (secondary N) is 3. The van der Waals surface area contributed by atoms with Crippen LogP contribution in [0, 0.1) is 0 Å². The summed E-state index contributed by atoms with van der Waals surface area (Å²) in [5, 5.41) is 9.50. The molecule has 0 radical (unpaired) electrons. The molecule has 6 nitrogen and oxygen atoms in total. The highest BCUT2D eigenvalue weighted by molar-refractivity contribution is 5.84. The molecule has 3 N–H and O–H groups in total. The van der Waals surface area contributed by atoms with Gasteiger partial charge in [-0.05, 0) is 61.0 Å². The second-order valence-electron chi connectivity index (χ2n) is 6.83. The monoisotopic (exact) mass is 405 g/mol. The molecule has 6 heteroatoms. The topological polar surface area (TPSA) is 71.6 Å². The Morgan fingerprint density at radius 1 is 0.867 bits per heavy atom. The van der Waals surface area contributed by atoms with Crippen LogP contribution < -0.4 is 25.4 Å². The van der Waals surface area contributed by atoms with E-state index in [4.69, 9.17) is 9.47 Å². The Labute approximate surface area is 177 Å². The first kappa shape index (κ1) is 21.0. The third kappa shape index (κ3) is 5.67. The lowest BCUT2D eigenvalue weighted by molar-refractivity contribution is -0.121. The van der Waals surface area contributed by atoms with Gasteiger partial charge in [0.1, 0.15) is 17.5 Å². The minimum atomic E-state index is -0.365. The van der Waals surface area contributed by atoms with E-state index in [2.05, 4.69) is 16.0 Å². The van der Waals surface area contributed by atoms with Gasteiger partial charge < -0.3 is 25.4 Å². The number of ether oxygens (including phenoxy) is 2. The SMILES string of the molecule is COc1ccc(CNC(=O)[C@@H](C)Nc2ccc(Nc3ccccc3OC)cc2)cc1. The number of para-hydroxylation sites is 2. The molecule has 0 aliphatic rings. The van der Waals surface area contributed by atoms with E-state index in [1.807, 2.05) is 79.7 Å². The van der Waals surface area contributed by atoms with E-state index >= 15 is 0 Å². The fourth-order valence-corrected chi connectivity index (χ4v) is 2.95. The summed E-state index contributed by atoms with van der Waals surface area (Å²) in [4.78, 5) is 12.4. The predicted octanol–water partition coefficient (Wildman–Crippen LogP) is 4.56. The molecular formula is C24H27N3O3. The first-order chi connectivity index (χ1) is 14.6. The Kier molecular flexibility index (Phi) is 7.16. The van der Waals surface area contributed by atoms with Crippen molar-refractivity contribution >= 4 is 23.0 Å². The fourth-order valence-electron chi connectivity index (χ4n) is 2.95. The minimum absolute atomic E-state index is 0.0676. The van der Waals surface area contributed by atoms with Crippen LogP contribution in [0.25, 0.3) is 0 Å². The molecular weight excluding hydrogens is 378 g/mol. The number of methoxy groups -OCH3 is 2. The summed E-state index contributed by atoms with van der Waals surface area (Å²) in [6.07, 6.45) is 0. The number of hydrogen-bond donors (Lipinski definition) is 3. The molecule has 0 aromatic heterocycles. The lowest BCUT2D eigenvalue weighted by atomic mass is 10.2. The zero-order valence-electron chi connectivity index (χ0n) is 17.4. The van der Waals surface area contributed by atoms with Gasteiger partial charge in [-0.2, -0.15) is 0 Å². The second-order valence-corrected chi connectivity index (χ2v) is 6.83. The first-order valence-electron chi connectivity index (χ1n) is 9.76. The zero-order chi connectivity index (χ0) is 21.3. The molecule has 156 valence electrons. The van der Waals surface area contributed by atoms with Crippen LogP contribution in [-0.2, 0) is 11.3 Å². The third-order valence-electron chi connectivity index (χ3n) is 4.67. The van der Waals surface area contributed by atoms with Gasteiger partial charge in [0.2, 0.25) is 5.91 Å². The van der Waals surface area contributed by atoms with E-state index < -0.39 is 0 Å². The first-order valence-corrected chi connectivity index (χ1v) is 9.76. The van der Waals surface area contributed by atoms with Gasteiger partial charge in [0, 0.05) is 17.9 Å². The van der Waals surface area contributed by atoms with Crippen molar-refractivity contribution < 1.29 is 14.3 Å². The largest absolute Gasteiger partial charge is 0.497 e. The number of amides is 1. The van der Waals surface area contributed by atoms with E-state index in [1.165, 1.54) is 0 Å². The van der Waals surface area contributed by atoms with E-state index in [-0.39, 0.29) is 11.9 Å². The molecule has 30 heavy (non-hydrogen) atoms. The summed E-state index contributed by atoms with van der Waals surface area (Å²) in [6, 6.07) is 22.8. The van der Waals surface area contributed by atoms with Gasteiger partial charge in [-0.1, -0.05) is 24.3 Å². The molecule has 3 rings (SSSR count). The maximum Gasteiger partial charge on any atom is 0.242 e. The van der Waals surface area contributed by atoms with Gasteiger partial charge >= 0.3 is 0 Å². The number of hydrogen-bond acceptors (Lipinski definition) is 5. The minimum Gasteiger partial charge on any atom is -0.497 e. The average molecular weight is 405 g/mol. The summed E-state index contributed by atoms with van der Waals surface area (Å²) >= 11 is 0. The van der Waals surface area contributed by atoms with Crippen molar-refractivity contribution in [3.8, 4) is 11.5 Å². The molecule has 0 fully saturated rings. The van der Waals surface area contributed by atoms with Gasteiger partial charge in [0.25, 0.3) is 0 Å². The van der Waals surface area contributed by atoms with Crippen molar-refractivity contribution in [1.29, 1.82) is 0 Å². The molecule has 3 aromatic carbocycles. The molecule has 0 spiro atoms. The molecule has 0 heterocycles. The Hall–Kier alpha value is -3.67. The Morgan fingerprint density at radius 2 is 1.53 bits per heavy atom. The van der Waals surface area contributed by atoms with E-state index in [0.717, 1.165) is 34.1 Å². The maximum absolute atomic E-state index is 12.4. The van der Waals surface area contributed by atoms with Crippen LogP contribution in [0.1, 0.15) is 12.5 Å². The quantitative estimate of drug-likeness (QED) is 0.487. The molecule has 1 atom stereocenters. The summed E-state index contributed by atoms with van der Waals surface area (Å²) in [5.41, 5.74) is 3.71. The normalized spacial score (nSPS) is 11.3. The zero-order valence-corrected chi connectivity index (χ0v) is 17.4. The summed E-state index contributed by atoms with van der Waals surface area (Å²) in [5.74, 6) is 1.51. The molecule has 0 saturated heterocycles. The molecule has 3 aromatic rings. The van der Waals surface area contributed by atoms with Crippen LogP contribution in [0.2, 0.25) is 0 Å². The summed E-state index contributed by atoms with van der Waals surface area (Å²) < 4.78 is 10.5. The van der Waals surface area contributed by atoms with Crippen molar-refractivity contribution in [2.24, 2.45) is 0 Å². The Bertz CT molecular complexity index is 956. The number of benzene rings is 3. The van der Waals surface area contributed by atoms with Gasteiger partial charge in [0.05, 0.1) is 19.9 Å². The molecule has 0 aliphatic heterocycles. The number of rotatable bonds is 9. The van der Waals surface area contributed by atoms with Crippen LogP contribution in [0.15, 0.2) is 72.8 Å². The van der Waals surface area contributed by atoms with Gasteiger partial charge in [-0.15, -0.1) is 0 Å². The summed E-state index contributed by atoms with van der Waals surface area (Å²) in [6.45, 7) is 2.31. The number of carbonyl (C=O) groups is 1. The second kappa shape index (κ2) is 10.2.